The molecule has 0 bridgehead atoms. The third kappa shape index (κ3) is 2.93. The fraction of sp³-hybridized carbons (Fsp3) is 0.333. The maximum Gasteiger partial charge on any atom is 0.416 e. The molecule has 144 valence electrons. The third-order valence-corrected chi connectivity index (χ3v) is 6.81. The summed E-state index contributed by atoms with van der Waals surface area (Å²) in [5, 5.41) is 0. The molecule has 0 atom stereocenters. The van der Waals surface area contributed by atoms with Crippen LogP contribution in [0.4, 0.5) is 28.9 Å². The first kappa shape index (κ1) is 18.1. The standard InChI is InChI=1S/C18H16F4N2O2S/c19-14-4-3-5-17-13(14)11-24(27(17,25)26)16-10-12(18(20,21)22)6-7-15(16)23-8-1-2-9-23/h3-7,10H,1-2,8-9,11H2. The van der Waals surface area contributed by atoms with Gasteiger partial charge in [0.2, 0.25) is 0 Å². The maximum atomic E-state index is 14.1. The van der Waals surface area contributed by atoms with E-state index in [9.17, 15) is 26.0 Å². The molecule has 2 aliphatic rings. The van der Waals surface area contributed by atoms with Crippen LogP contribution in [0.1, 0.15) is 24.0 Å². The second-order valence-electron chi connectivity index (χ2n) is 6.62. The lowest BCUT2D eigenvalue weighted by Gasteiger charge is -2.27. The Bertz CT molecular complexity index is 999. The van der Waals surface area contributed by atoms with E-state index in [1.165, 1.54) is 18.2 Å². The van der Waals surface area contributed by atoms with Crippen molar-refractivity contribution in [3.05, 3.63) is 53.3 Å². The summed E-state index contributed by atoms with van der Waals surface area (Å²) in [6, 6.07) is 6.80. The Morgan fingerprint density at radius 1 is 0.963 bits per heavy atom. The van der Waals surface area contributed by atoms with Crippen LogP contribution in [-0.4, -0.2) is 21.5 Å². The number of hydrogen-bond acceptors (Lipinski definition) is 3. The first-order valence-corrected chi connectivity index (χ1v) is 9.90. The molecule has 0 amide bonds. The van der Waals surface area contributed by atoms with Gasteiger partial charge in [-0.05, 0) is 43.2 Å². The highest BCUT2D eigenvalue weighted by atomic mass is 32.2. The molecule has 0 aliphatic carbocycles. The lowest BCUT2D eigenvalue weighted by Crippen LogP contribution is -2.28. The van der Waals surface area contributed by atoms with Gasteiger partial charge in [0.1, 0.15) is 5.82 Å². The molecule has 0 spiro atoms. The first-order valence-electron chi connectivity index (χ1n) is 8.46. The molecule has 9 heteroatoms. The Morgan fingerprint density at radius 3 is 2.30 bits per heavy atom. The van der Waals surface area contributed by atoms with Gasteiger partial charge in [0.05, 0.1) is 28.4 Å². The molecule has 27 heavy (non-hydrogen) atoms. The summed E-state index contributed by atoms with van der Waals surface area (Å²) in [4.78, 5) is 1.66. The van der Waals surface area contributed by atoms with E-state index in [0.29, 0.717) is 18.8 Å². The molecule has 2 heterocycles. The number of hydrogen-bond donors (Lipinski definition) is 0. The van der Waals surface area contributed by atoms with Gasteiger partial charge in [0.25, 0.3) is 10.0 Å². The Morgan fingerprint density at radius 2 is 1.67 bits per heavy atom. The van der Waals surface area contributed by atoms with Gasteiger partial charge in [-0.15, -0.1) is 0 Å². The molecule has 0 unspecified atom stereocenters. The van der Waals surface area contributed by atoms with Crippen LogP contribution in [0.3, 0.4) is 0 Å². The van der Waals surface area contributed by atoms with Gasteiger partial charge in [0.15, 0.2) is 0 Å². The molecule has 1 fully saturated rings. The zero-order chi connectivity index (χ0) is 19.4. The fourth-order valence-corrected chi connectivity index (χ4v) is 5.29. The average Bonchev–Trinajstić information content (AvgIpc) is 3.21. The minimum Gasteiger partial charge on any atom is -0.370 e. The van der Waals surface area contributed by atoms with Gasteiger partial charge in [-0.3, -0.25) is 4.31 Å². The minimum atomic E-state index is -4.61. The minimum absolute atomic E-state index is 0.0257. The third-order valence-electron chi connectivity index (χ3n) is 4.96. The van der Waals surface area contributed by atoms with E-state index in [4.69, 9.17) is 0 Å². The number of rotatable bonds is 2. The maximum absolute atomic E-state index is 14.1. The number of benzene rings is 2. The lowest BCUT2D eigenvalue weighted by molar-refractivity contribution is -0.137. The lowest BCUT2D eigenvalue weighted by atomic mass is 10.1. The van der Waals surface area contributed by atoms with Crippen LogP contribution in [0.2, 0.25) is 0 Å². The van der Waals surface area contributed by atoms with Gasteiger partial charge >= 0.3 is 6.18 Å². The van der Waals surface area contributed by atoms with Crippen LogP contribution in [0.5, 0.6) is 0 Å². The normalized spacial score (nSPS) is 18.8. The number of nitrogens with zero attached hydrogens (tertiary/aromatic N) is 2. The summed E-state index contributed by atoms with van der Waals surface area (Å²) in [7, 11) is -4.14. The number of fused-ring (bicyclic) bond motifs is 1. The van der Waals surface area contributed by atoms with Crippen molar-refractivity contribution in [1.29, 1.82) is 0 Å². The van der Waals surface area contributed by atoms with Crippen LogP contribution >= 0.6 is 0 Å². The predicted octanol–water partition coefficient (Wildman–Crippen LogP) is 4.15. The zero-order valence-corrected chi connectivity index (χ0v) is 14.9. The molecule has 0 N–H and O–H groups in total. The van der Waals surface area contributed by atoms with Crippen LogP contribution < -0.4 is 9.21 Å². The van der Waals surface area contributed by atoms with Crippen molar-refractivity contribution in [2.24, 2.45) is 0 Å². The number of sulfonamides is 1. The van der Waals surface area contributed by atoms with Crippen LogP contribution in [-0.2, 0) is 22.7 Å². The monoisotopic (exact) mass is 400 g/mol. The smallest absolute Gasteiger partial charge is 0.370 e. The molecule has 2 aliphatic heterocycles. The van der Waals surface area contributed by atoms with Gasteiger partial charge in [-0.1, -0.05) is 6.07 Å². The van der Waals surface area contributed by atoms with Crippen molar-refractivity contribution < 1.29 is 26.0 Å². The average molecular weight is 400 g/mol. The number of alkyl halides is 3. The predicted molar refractivity (Wildman–Crippen MR) is 92.7 cm³/mol. The summed E-state index contributed by atoms with van der Waals surface area (Å²) in [5.74, 6) is -0.687. The Kier molecular flexibility index (Phi) is 4.10. The highest BCUT2D eigenvalue weighted by Crippen LogP contribution is 2.43. The summed E-state index contributed by atoms with van der Waals surface area (Å²) >= 11 is 0. The van der Waals surface area contributed by atoms with Crippen LogP contribution in [0.25, 0.3) is 0 Å². The summed E-state index contributed by atoms with van der Waals surface area (Å²) in [5.41, 5.74) is -0.617. The molecule has 2 aromatic carbocycles. The summed E-state index contributed by atoms with van der Waals surface area (Å²) in [6.45, 7) is 0.938. The molecular weight excluding hydrogens is 384 g/mol. The van der Waals surface area contributed by atoms with Crippen LogP contribution in [0.15, 0.2) is 41.3 Å². The van der Waals surface area contributed by atoms with E-state index in [0.717, 1.165) is 35.3 Å². The van der Waals surface area contributed by atoms with E-state index in [2.05, 4.69) is 0 Å². The Hall–Kier alpha value is -2.29. The molecule has 4 rings (SSSR count). The molecule has 1 saturated heterocycles. The quantitative estimate of drug-likeness (QED) is 0.711. The number of anilines is 2. The topological polar surface area (TPSA) is 40.6 Å². The van der Waals surface area contributed by atoms with E-state index >= 15 is 0 Å². The van der Waals surface area contributed by atoms with E-state index in [1.54, 1.807) is 0 Å². The molecule has 0 aromatic heterocycles. The largest absolute Gasteiger partial charge is 0.416 e. The Balaban J connectivity index is 1.88. The summed E-state index contributed by atoms with van der Waals surface area (Å²) < 4.78 is 80.6. The van der Waals surface area contributed by atoms with Gasteiger partial charge in [0, 0.05) is 18.7 Å². The van der Waals surface area contributed by atoms with Crippen molar-refractivity contribution >= 4 is 21.4 Å². The van der Waals surface area contributed by atoms with Crippen molar-refractivity contribution in [3.63, 3.8) is 0 Å². The summed E-state index contributed by atoms with van der Waals surface area (Å²) in [6.07, 6.45) is -2.86. The van der Waals surface area contributed by atoms with E-state index in [1.807, 2.05) is 4.90 Å². The second kappa shape index (κ2) is 6.12. The van der Waals surface area contributed by atoms with Crippen molar-refractivity contribution in [2.75, 3.05) is 22.3 Å². The molecule has 4 nitrogen and oxygen atoms in total. The van der Waals surface area contributed by atoms with Crippen molar-refractivity contribution in [2.45, 2.75) is 30.5 Å². The van der Waals surface area contributed by atoms with Gasteiger partial charge in [-0.2, -0.15) is 13.2 Å². The highest BCUT2D eigenvalue weighted by molar-refractivity contribution is 7.93. The Labute approximate surface area is 154 Å². The second-order valence-corrected chi connectivity index (χ2v) is 8.45. The fourth-order valence-electron chi connectivity index (χ4n) is 3.62. The van der Waals surface area contributed by atoms with Gasteiger partial charge in [-0.25, -0.2) is 12.8 Å². The molecule has 2 aromatic rings. The SMILES string of the molecule is O=S1(=O)c2cccc(F)c2CN1c1cc(C(F)(F)F)ccc1N1CCCC1. The van der Waals surface area contributed by atoms with Gasteiger partial charge < -0.3 is 4.90 Å². The van der Waals surface area contributed by atoms with E-state index < -0.39 is 27.6 Å². The van der Waals surface area contributed by atoms with E-state index in [-0.39, 0.29) is 22.7 Å². The van der Waals surface area contributed by atoms with Crippen molar-refractivity contribution in [3.8, 4) is 0 Å². The highest BCUT2D eigenvalue weighted by Gasteiger charge is 2.40. The first-order chi connectivity index (χ1) is 12.7. The molecule has 0 radical (unpaired) electrons. The number of halogens is 4. The zero-order valence-electron chi connectivity index (χ0n) is 14.1. The molecular formula is C18H16F4N2O2S. The molecule has 0 saturated carbocycles. The van der Waals surface area contributed by atoms with Crippen LogP contribution in [0, 0.1) is 5.82 Å². The van der Waals surface area contributed by atoms with Crippen molar-refractivity contribution in [1.82, 2.24) is 0 Å².